The molecule has 0 aliphatic rings. The molecular formula is C10H16N2O3S. The van der Waals surface area contributed by atoms with Crippen LogP contribution in [0.15, 0.2) is 18.2 Å². The highest BCUT2D eigenvalue weighted by molar-refractivity contribution is 7.90. The lowest BCUT2D eigenvalue weighted by Crippen LogP contribution is -2.28. The molecule has 0 aliphatic heterocycles. The third-order valence-electron chi connectivity index (χ3n) is 2.19. The summed E-state index contributed by atoms with van der Waals surface area (Å²) in [6.45, 7) is 1.95. The molecule has 0 bridgehead atoms. The number of rotatable bonds is 4. The van der Waals surface area contributed by atoms with Crippen molar-refractivity contribution >= 4 is 15.9 Å². The Bertz CT molecular complexity index is 469. The van der Waals surface area contributed by atoms with Crippen molar-refractivity contribution in [1.82, 2.24) is 4.31 Å². The van der Waals surface area contributed by atoms with Crippen LogP contribution in [-0.4, -0.2) is 31.9 Å². The fourth-order valence-electron chi connectivity index (χ4n) is 1.12. The SMILES string of the molecule is CCc1ccc(O)c(NS(=O)(=O)N(C)C)c1. The molecule has 0 aromatic heterocycles. The van der Waals surface area contributed by atoms with Crippen LogP contribution in [0.4, 0.5) is 5.69 Å². The summed E-state index contributed by atoms with van der Waals surface area (Å²) in [5, 5.41) is 9.53. The van der Waals surface area contributed by atoms with Crippen LogP contribution >= 0.6 is 0 Å². The lowest BCUT2D eigenvalue weighted by Gasteiger charge is -2.14. The summed E-state index contributed by atoms with van der Waals surface area (Å²) in [4.78, 5) is 0. The first kappa shape index (κ1) is 12.8. The predicted octanol–water partition coefficient (Wildman–Crippen LogP) is 1.17. The highest BCUT2D eigenvalue weighted by Crippen LogP contribution is 2.25. The largest absolute Gasteiger partial charge is 0.506 e. The van der Waals surface area contributed by atoms with E-state index in [2.05, 4.69) is 4.72 Å². The van der Waals surface area contributed by atoms with Crippen LogP contribution in [-0.2, 0) is 16.6 Å². The van der Waals surface area contributed by atoms with Crippen molar-refractivity contribution in [2.45, 2.75) is 13.3 Å². The van der Waals surface area contributed by atoms with Gasteiger partial charge in [0.2, 0.25) is 0 Å². The number of phenols is 1. The third kappa shape index (κ3) is 2.86. The maximum Gasteiger partial charge on any atom is 0.301 e. The van der Waals surface area contributed by atoms with Gasteiger partial charge in [-0.2, -0.15) is 12.7 Å². The first-order valence-corrected chi connectivity index (χ1v) is 6.33. The van der Waals surface area contributed by atoms with Crippen molar-refractivity contribution in [3.05, 3.63) is 23.8 Å². The summed E-state index contributed by atoms with van der Waals surface area (Å²) in [6, 6.07) is 4.85. The van der Waals surface area contributed by atoms with Crippen molar-refractivity contribution in [2.75, 3.05) is 18.8 Å². The van der Waals surface area contributed by atoms with Crippen molar-refractivity contribution in [3.8, 4) is 5.75 Å². The minimum absolute atomic E-state index is 0.0809. The van der Waals surface area contributed by atoms with Crippen molar-refractivity contribution in [2.24, 2.45) is 0 Å². The molecule has 0 fully saturated rings. The van der Waals surface area contributed by atoms with Gasteiger partial charge in [0.25, 0.3) is 0 Å². The number of nitrogens with one attached hydrogen (secondary N) is 1. The molecule has 1 rings (SSSR count). The molecule has 6 heteroatoms. The van der Waals surface area contributed by atoms with Crippen LogP contribution in [0.3, 0.4) is 0 Å². The van der Waals surface area contributed by atoms with Gasteiger partial charge < -0.3 is 5.11 Å². The number of aryl methyl sites for hydroxylation is 1. The van der Waals surface area contributed by atoms with Crippen molar-refractivity contribution in [3.63, 3.8) is 0 Å². The normalized spacial score (nSPS) is 11.8. The maximum atomic E-state index is 11.6. The summed E-state index contributed by atoms with van der Waals surface area (Å²) >= 11 is 0. The monoisotopic (exact) mass is 244 g/mol. The molecule has 0 saturated heterocycles. The minimum Gasteiger partial charge on any atom is -0.506 e. The second-order valence-corrected chi connectivity index (χ2v) is 5.48. The lowest BCUT2D eigenvalue weighted by molar-refractivity contribution is 0.476. The van der Waals surface area contributed by atoms with Gasteiger partial charge in [-0.25, -0.2) is 0 Å². The average molecular weight is 244 g/mol. The first-order valence-electron chi connectivity index (χ1n) is 4.89. The summed E-state index contributed by atoms with van der Waals surface area (Å²) in [7, 11) is -0.736. The van der Waals surface area contributed by atoms with Gasteiger partial charge in [0.15, 0.2) is 0 Å². The number of benzene rings is 1. The summed E-state index contributed by atoms with van der Waals surface area (Å²) in [6.07, 6.45) is 0.775. The Kier molecular flexibility index (Phi) is 3.77. The van der Waals surface area contributed by atoms with E-state index in [4.69, 9.17) is 0 Å². The van der Waals surface area contributed by atoms with Crippen LogP contribution in [0, 0.1) is 0 Å². The molecule has 5 nitrogen and oxygen atoms in total. The number of hydrogen-bond acceptors (Lipinski definition) is 3. The van der Waals surface area contributed by atoms with E-state index in [1.807, 2.05) is 6.92 Å². The van der Waals surface area contributed by atoms with Gasteiger partial charge in [0.1, 0.15) is 5.75 Å². The molecule has 0 aliphatic carbocycles. The quantitative estimate of drug-likeness (QED) is 0.781. The molecule has 1 aromatic carbocycles. The Balaban J connectivity index is 3.06. The zero-order valence-electron chi connectivity index (χ0n) is 9.56. The maximum absolute atomic E-state index is 11.6. The summed E-state index contributed by atoms with van der Waals surface area (Å²) < 4.78 is 26.5. The summed E-state index contributed by atoms with van der Waals surface area (Å²) in [5.74, 6) is -0.0809. The van der Waals surface area contributed by atoms with Crippen LogP contribution in [0.2, 0.25) is 0 Å². The van der Waals surface area contributed by atoms with Gasteiger partial charge in [0.05, 0.1) is 5.69 Å². The molecule has 2 N–H and O–H groups in total. The number of hydrogen-bond donors (Lipinski definition) is 2. The zero-order chi connectivity index (χ0) is 12.3. The fourth-order valence-corrected chi connectivity index (χ4v) is 1.74. The number of anilines is 1. The van der Waals surface area contributed by atoms with Gasteiger partial charge >= 0.3 is 10.2 Å². The molecule has 16 heavy (non-hydrogen) atoms. The van der Waals surface area contributed by atoms with Crippen molar-refractivity contribution < 1.29 is 13.5 Å². The van der Waals surface area contributed by atoms with Gasteiger partial charge in [0, 0.05) is 14.1 Å². The molecule has 0 unspecified atom stereocenters. The Hall–Kier alpha value is -1.27. The van der Waals surface area contributed by atoms with E-state index < -0.39 is 10.2 Å². The molecule has 0 spiro atoms. The van der Waals surface area contributed by atoms with Gasteiger partial charge in [-0.3, -0.25) is 4.72 Å². The molecule has 0 heterocycles. The average Bonchev–Trinajstić information content (AvgIpc) is 2.21. The van der Waals surface area contributed by atoms with Gasteiger partial charge in [-0.1, -0.05) is 13.0 Å². The summed E-state index contributed by atoms with van der Waals surface area (Å²) in [5.41, 5.74) is 1.15. The van der Waals surface area contributed by atoms with E-state index in [9.17, 15) is 13.5 Å². The van der Waals surface area contributed by atoms with E-state index >= 15 is 0 Å². The molecule has 90 valence electrons. The molecule has 0 saturated carbocycles. The number of nitrogens with zero attached hydrogens (tertiary/aromatic N) is 1. The highest BCUT2D eigenvalue weighted by Gasteiger charge is 2.15. The zero-order valence-corrected chi connectivity index (χ0v) is 10.4. The minimum atomic E-state index is -3.58. The second-order valence-electron chi connectivity index (χ2n) is 3.59. The van der Waals surface area contributed by atoms with E-state index in [0.29, 0.717) is 0 Å². The number of aromatic hydroxyl groups is 1. The van der Waals surface area contributed by atoms with Crippen molar-refractivity contribution in [1.29, 1.82) is 0 Å². The Morgan fingerprint density at radius 2 is 2.00 bits per heavy atom. The predicted molar refractivity (Wildman–Crippen MR) is 63.7 cm³/mol. The Labute approximate surface area is 95.9 Å². The Morgan fingerprint density at radius 1 is 1.38 bits per heavy atom. The molecular weight excluding hydrogens is 228 g/mol. The fraction of sp³-hybridized carbons (Fsp3) is 0.400. The standard InChI is InChI=1S/C10H16N2O3S/c1-4-8-5-6-10(13)9(7-8)11-16(14,15)12(2)3/h5-7,11,13H,4H2,1-3H3. The molecule has 0 amide bonds. The van der Waals surface area contributed by atoms with Crippen LogP contribution in [0.5, 0.6) is 5.75 Å². The topological polar surface area (TPSA) is 69.6 Å². The van der Waals surface area contributed by atoms with E-state index in [-0.39, 0.29) is 11.4 Å². The van der Waals surface area contributed by atoms with E-state index in [0.717, 1.165) is 16.3 Å². The van der Waals surface area contributed by atoms with Crippen LogP contribution < -0.4 is 4.72 Å². The smallest absolute Gasteiger partial charge is 0.301 e. The second kappa shape index (κ2) is 4.71. The van der Waals surface area contributed by atoms with Gasteiger partial charge in [-0.15, -0.1) is 0 Å². The molecule has 1 aromatic rings. The highest BCUT2D eigenvalue weighted by atomic mass is 32.2. The van der Waals surface area contributed by atoms with Crippen LogP contribution in [0.25, 0.3) is 0 Å². The number of phenolic OH excluding ortho intramolecular Hbond substituents is 1. The van der Waals surface area contributed by atoms with Crippen LogP contribution in [0.1, 0.15) is 12.5 Å². The molecule has 0 radical (unpaired) electrons. The lowest BCUT2D eigenvalue weighted by atomic mass is 10.1. The van der Waals surface area contributed by atoms with Gasteiger partial charge in [-0.05, 0) is 24.1 Å². The third-order valence-corrected chi connectivity index (χ3v) is 3.63. The Morgan fingerprint density at radius 3 is 2.50 bits per heavy atom. The van der Waals surface area contributed by atoms with E-state index in [1.165, 1.54) is 20.2 Å². The molecule has 0 atom stereocenters. The first-order chi connectivity index (χ1) is 7.36. The van der Waals surface area contributed by atoms with E-state index in [1.54, 1.807) is 12.1 Å².